The topological polar surface area (TPSA) is 78.1 Å². The Balaban J connectivity index is 1.99. The lowest BCUT2D eigenvalue weighted by atomic mass is 10.1. The van der Waals surface area contributed by atoms with Crippen LogP contribution in [0, 0.1) is 5.41 Å². The monoisotopic (exact) mass is 410 g/mol. The number of carbonyl (C=O) groups excluding carboxylic acids is 1. The smallest absolute Gasteiger partial charge is 0.283 e. The minimum atomic E-state index is -0.432. The van der Waals surface area contributed by atoms with Crippen molar-refractivity contribution in [3.8, 4) is 5.75 Å². The Morgan fingerprint density at radius 2 is 2.26 bits per heavy atom. The molecule has 118 valence electrons. The van der Waals surface area contributed by atoms with E-state index in [4.69, 9.17) is 10.1 Å². The molecule has 0 aliphatic carbocycles. The molecule has 1 amide bonds. The zero-order chi connectivity index (χ0) is 16.6. The van der Waals surface area contributed by atoms with Crippen molar-refractivity contribution in [2.45, 2.75) is 0 Å². The molecule has 2 heterocycles. The quantitative estimate of drug-likeness (QED) is 0.596. The average Bonchev–Trinajstić information content (AvgIpc) is 2.94. The van der Waals surface area contributed by atoms with Crippen molar-refractivity contribution in [3.05, 3.63) is 33.8 Å². The van der Waals surface area contributed by atoms with Crippen LogP contribution in [0.3, 0.4) is 0 Å². The fourth-order valence-electron chi connectivity index (χ4n) is 2.07. The number of hydrogen-bond acceptors (Lipinski definition) is 6. The Morgan fingerprint density at radius 1 is 1.48 bits per heavy atom. The van der Waals surface area contributed by atoms with Crippen molar-refractivity contribution in [2.24, 2.45) is 9.39 Å². The maximum absolute atomic E-state index is 12.2. The third-order valence-electron chi connectivity index (χ3n) is 3.16. The molecule has 0 radical (unpaired) electrons. The van der Waals surface area contributed by atoms with E-state index in [-0.39, 0.29) is 11.4 Å². The Morgan fingerprint density at radius 3 is 2.91 bits per heavy atom. The van der Waals surface area contributed by atoms with Gasteiger partial charge in [-0.2, -0.15) is 9.39 Å². The lowest BCUT2D eigenvalue weighted by molar-refractivity contribution is -0.114. The second-order valence-corrected chi connectivity index (χ2v) is 6.86. The predicted octanol–water partition coefficient (Wildman–Crippen LogP) is 3.40. The van der Waals surface area contributed by atoms with Crippen molar-refractivity contribution in [3.63, 3.8) is 0 Å². The van der Waals surface area contributed by atoms with Crippen LogP contribution in [-0.4, -0.2) is 40.3 Å². The molecule has 2 aliphatic heterocycles. The SMILES string of the molecule is COc1ccc(C=C2C(=N)N3C(SC)=NSC3=NC2=O)cc1Br. The second kappa shape index (κ2) is 6.50. The summed E-state index contributed by atoms with van der Waals surface area (Å²) in [5.74, 6) is 0.355. The van der Waals surface area contributed by atoms with Crippen LogP contribution in [0.15, 0.2) is 37.6 Å². The van der Waals surface area contributed by atoms with Crippen LogP contribution in [0.5, 0.6) is 5.75 Å². The van der Waals surface area contributed by atoms with E-state index in [1.165, 1.54) is 11.8 Å². The zero-order valence-electron chi connectivity index (χ0n) is 12.2. The van der Waals surface area contributed by atoms with E-state index in [1.807, 2.05) is 18.4 Å². The van der Waals surface area contributed by atoms with Gasteiger partial charge in [0, 0.05) is 0 Å². The van der Waals surface area contributed by atoms with Crippen molar-refractivity contribution in [1.82, 2.24) is 4.90 Å². The third kappa shape index (κ3) is 2.96. The molecule has 23 heavy (non-hydrogen) atoms. The maximum Gasteiger partial charge on any atom is 0.283 e. The molecule has 1 N–H and O–H groups in total. The molecular formula is C14H11BrN4O2S2. The van der Waals surface area contributed by atoms with E-state index in [2.05, 4.69) is 25.3 Å². The number of aliphatic imine (C=N–C) groups is 1. The summed E-state index contributed by atoms with van der Waals surface area (Å²) in [6.45, 7) is 0. The van der Waals surface area contributed by atoms with Crippen LogP contribution < -0.4 is 4.74 Å². The number of benzene rings is 1. The van der Waals surface area contributed by atoms with Gasteiger partial charge in [0.15, 0.2) is 5.17 Å². The van der Waals surface area contributed by atoms with Crippen LogP contribution in [0.1, 0.15) is 5.56 Å². The molecule has 1 aromatic carbocycles. The van der Waals surface area contributed by atoms with Gasteiger partial charge in [-0.3, -0.25) is 10.2 Å². The van der Waals surface area contributed by atoms with E-state index in [9.17, 15) is 4.79 Å². The number of halogens is 1. The molecule has 2 aliphatic rings. The van der Waals surface area contributed by atoms with E-state index in [0.717, 1.165) is 22.0 Å². The maximum atomic E-state index is 12.2. The molecule has 3 rings (SSSR count). The van der Waals surface area contributed by atoms with E-state index >= 15 is 0 Å². The minimum absolute atomic E-state index is 0.0880. The summed E-state index contributed by atoms with van der Waals surface area (Å²) in [6, 6.07) is 5.44. The normalized spacial score (nSPS) is 18.9. The number of carbonyl (C=O) groups is 1. The van der Waals surface area contributed by atoms with Crippen molar-refractivity contribution >= 4 is 67.8 Å². The highest BCUT2D eigenvalue weighted by Crippen LogP contribution is 2.32. The van der Waals surface area contributed by atoms with Crippen LogP contribution >= 0.6 is 39.6 Å². The number of thioether (sulfide) groups is 1. The number of fused-ring (bicyclic) bond motifs is 1. The molecule has 6 nitrogen and oxygen atoms in total. The number of ether oxygens (including phenoxy) is 1. The number of nitrogens with one attached hydrogen (secondary N) is 1. The summed E-state index contributed by atoms with van der Waals surface area (Å²) in [5.41, 5.74) is 1.01. The first-order chi connectivity index (χ1) is 11.0. The third-order valence-corrected chi connectivity index (χ3v) is 5.24. The largest absolute Gasteiger partial charge is 0.496 e. The van der Waals surface area contributed by atoms with Crippen molar-refractivity contribution in [1.29, 1.82) is 5.41 Å². The molecule has 0 atom stereocenters. The molecule has 0 bridgehead atoms. The lowest BCUT2D eigenvalue weighted by Gasteiger charge is -2.23. The van der Waals surface area contributed by atoms with Crippen molar-refractivity contribution < 1.29 is 9.53 Å². The van der Waals surface area contributed by atoms with Crippen LogP contribution in [-0.2, 0) is 4.79 Å². The Hall–Kier alpha value is -1.58. The van der Waals surface area contributed by atoms with E-state index < -0.39 is 5.91 Å². The van der Waals surface area contributed by atoms with Crippen LogP contribution in [0.25, 0.3) is 6.08 Å². The van der Waals surface area contributed by atoms with Gasteiger partial charge in [0.25, 0.3) is 5.91 Å². The lowest BCUT2D eigenvalue weighted by Crippen LogP contribution is -2.41. The molecule has 1 aromatic rings. The average molecular weight is 411 g/mol. The number of methoxy groups -OCH3 is 1. The molecule has 0 aromatic heterocycles. The first kappa shape index (κ1) is 16.3. The highest BCUT2D eigenvalue weighted by Gasteiger charge is 2.36. The number of nitrogens with zero attached hydrogens (tertiary/aromatic N) is 3. The van der Waals surface area contributed by atoms with Gasteiger partial charge in [0.1, 0.15) is 11.6 Å². The highest BCUT2D eigenvalue weighted by atomic mass is 79.9. The van der Waals surface area contributed by atoms with Crippen LogP contribution in [0.4, 0.5) is 0 Å². The summed E-state index contributed by atoms with van der Waals surface area (Å²) < 4.78 is 10.2. The predicted molar refractivity (Wildman–Crippen MR) is 99.2 cm³/mol. The molecule has 0 unspecified atom stereocenters. The fraction of sp³-hybridized carbons (Fsp3) is 0.143. The first-order valence-corrected chi connectivity index (χ1v) is 9.20. The van der Waals surface area contributed by atoms with Gasteiger partial charge >= 0.3 is 0 Å². The Bertz CT molecular complexity index is 804. The number of hydrogen-bond donors (Lipinski definition) is 1. The fourth-order valence-corrected chi connectivity index (χ4v) is 4.08. The summed E-state index contributed by atoms with van der Waals surface area (Å²) in [5, 5.41) is 9.41. The zero-order valence-corrected chi connectivity index (χ0v) is 15.4. The first-order valence-electron chi connectivity index (χ1n) is 6.41. The van der Waals surface area contributed by atoms with Gasteiger partial charge in [0.2, 0.25) is 5.17 Å². The molecule has 0 saturated carbocycles. The van der Waals surface area contributed by atoms with Crippen molar-refractivity contribution in [2.75, 3.05) is 13.4 Å². The van der Waals surface area contributed by atoms with Gasteiger partial charge in [-0.25, -0.2) is 4.90 Å². The molecule has 0 spiro atoms. The standard InChI is InChI=1S/C14H11BrN4O2S2/c1-21-10-4-3-7(6-9(10)15)5-8-11(16)19-13(17-12(8)20)23-18-14(19)22-2/h3-6,16H,1-2H3. The number of amidine groups is 3. The summed E-state index contributed by atoms with van der Waals surface area (Å²) in [4.78, 5) is 17.8. The molecule has 0 saturated heterocycles. The summed E-state index contributed by atoms with van der Waals surface area (Å²) in [7, 11) is 1.59. The number of amides is 1. The highest BCUT2D eigenvalue weighted by molar-refractivity contribution is 9.10. The molecule has 9 heteroatoms. The minimum Gasteiger partial charge on any atom is -0.496 e. The summed E-state index contributed by atoms with van der Waals surface area (Å²) in [6.07, 6.45) is 3.52. The van der Waals surface area contributed by atoms with Gasteiger partial charge in [-0.15, -0.1) is 0 Å². The Kier molecular flexibility index (Phi) is 4.60. The molecular weight excluding hydrogens is 400 g/mol. The second-order valence-electron chi connectivity index (χ2n) is 4.50. The van der Waals surface area contributed by atoms with Gasteiger partial charge in [-0.05, 0) is 46.0 Å². The molecule has 0 fully saturated rings. The van der Waals surface area contributed by atoms with E-state index in [1.54, 1.807) is 24.2 Å². The van der Waals surface area contributed by atoms with Gasteiger partial charge in [0.05, 0.1) is 29.1 Å². The van der Waals surface area contributed by atoms with Gasteiger partial charge in [-0.1, -0.05) is 17.8 Å². The van der Waals surface area contributed by atoms with E-state index in [0.29, 0.717) is 16.1 Å². The van der Waals surface area contributed by atoms with Crippen LogP contribution in [0.2, 0.25) is 0 Å². The van der Waals surface area contributed by atoms with Gasteiger partial charge < -0.3 is 4.74 Å². The number of rotatable bonds is 2. The Labute approximate surface area is 149 Å². The summed E-state index contributed by atoms with van der Waals surface area (Å²) >= 11 is 5.93.